The number of carboxylic acids is 1. The summed E-state index contributed by atoms with van der Waals surface area (Å²) in [7, 11) is 0. The lowest BCUT2D eigenvalue weighted by atomic mass is 9.81. The average Bonchev–Trinajstić information content (AvgIpc) is 3.17. The van der Waals surface area contributed by atoms with Crippen molar-refractivity contribution in [1.82, 2.24) is 19.8 Å². The van der Waals surface area contributed by atoms with E-state index in [1.807, 2.05) is 0 Å². The summed E-state index contributed by atoms with van der Waals surface area (Å²) in [5.41, 5.74) is -0.848. The number of aromatic nitrogens is 2. The highest BCUT2D eigenvalue weighted by molar-refractivity contribution is 5.80. The molecule has 2 heterocycles. The molecule has 1 aliphatic heterocycles. The number of urea groups is 1. The summed E-state index contributed by atoms with van der Waals surface area (Å²) in [4.78, 5) is 29.1. The number of hydrogen-bond acceptors (Lipinski definition) is 3. The molecule has 9 heteroatoms. The summed E-state index contributed by atoms with van der Waals surface area (Å²) in [6.45, 7) is -2.29. The van der Waals surface area contributed by atoms with Gasteiger partial charge in [0.1, 0.15) is 5.82 Å². The molecule has 7 nitrogen and oxygen atoms in total. The summed E-state index contributed by atoms with van der Waals surface area (Å²) < 4.78 is 26.1. The zero-order valence-electron chi connectivity index (χ0n) is 12.4. The lowest BCUT2D eigenvalue weighted by molar-refractivity contribution is -0.149. The van der Waals surface area contributed by atoms with E-state index in [0.717, 1.165) is 19.0 Å². The van der Waals surface area contributed by atoms with Crippen LogP contribution in [0.4, 0.5) is 13.6 Å². The summed E-state index contributed by atoms with van der Waals surface area (Å²) in [6, 6.07) is -0.441. The molecule has 23 heavy (non-hydrogen) atoms. The van der Waals surface area contributed by atoms with Crippen molar-refractivity contribution in [3.8, 4) is 0 Å². The quantitative estimate of drug-likeness (QED) is 0.880. The predicted molar refractivity (Wildman–Crippen MR) is 74.7 cm³/mol. The van der Waals surface area contributed by atoms with Gasteiger partial charge in [-0.25, -0.2) is 9.78 Å². The van der Waals surface area contributed by atoms with Crippen LogP contribution in [0.5, 0.6) is 0 Å². The van der Waals surface area contributed by atoms with Crippen molar-refractivity contribution in [2.24, 2.45) is 11.3 Å². The fraction of sp³-hybridized carbons (Fsp3) is 0.643. The lowest BCUT2D eigenvalue weighted by Gasteiger charge is -2.23. The van der Waals surface area contributed by atoms with Gasteiger partial charge in [-0.1, -0.05) is 6.42 Å². The van der Waals surface area contributed by atoms with E-state index in [4.69, 9.17) is 0 Å². The summed E-state index contributed by atoms with van der Waals surface area (Å²) in [6.07, 6.45) is 4.62. The van der Waals surface area contributed by atoms with Crippen LogP contribution < -0.4 is 5.32 Å². The van der Waals surface area contributed by atoms with Gasteiger partial charge in [-0.05, 0) is 18.8 Å². The molecule has 3 rings (SSSR count). The third-order valence-electron chi connectivity index (χ3n) is 4.94. The van der Waals surface area contributed by atoms with E-state index in [1.165, 1.54) is 11.1 Å². The molecule has 2 atom stereocenters. The van der Waals surface area contributed by atoms with Gasteiger partial charge in [0.2, 0.25) is 0 Å². The molecule has 0 bridgehead atoms. The van der Waals surface area contributed by atoms with Gasteiger partial charge in [0.05, 0.1) is 12.0 Å². The molecule has 0 aromatic carbocycles. The first-order valence-corrected chi connectivity index (χ1v) is 7.50. The first-order chi connectivity index (χ1) is 10.9. The monoisotopic (exact) mass is 328 g/mol. The topological polar surface area (TPSA) is 87.5 Å². The molecule has 1 saturated heterocycles. The maximum Gasteiger partial charge on any atom is 0.319 e. The van der Waals surface area contributed by atoms with Crippen LogP contribution in [-0.4, -0.2) is 44.6 Å². The van der Waals surface area contributed by atoms with Gasteiger partial charge >= 0.3 is 18.5 Å². The van der Waals surface area contributed by atoms with Crippen molar-refractivity contribution in [2.45, 2.75) is 32.4 Å². The van der Waals surface area contributed by atoms with Gasteiger partial charge in [0, 0.05) is 25.5 Å². The second-order valence-corrected chi connectivity index (χ2v) is 6.12. The number of rotatable bonds is 4. The number of nitrogens with zero attached hydrogens (tertiary/aromatic N) is 3. The second kappa shape index (κ2) is 5.78. The number of imidazole rings is 1. The smallest absolute Gasteiger partial charge is 0.319 e. The molecular formula is C14H18F2N4O3. The van der Waals surface area contributed by atoms with Crippen LogP contribution in [0.1, 0.15) is 31.6 Å². The minimum Gasteiger partial charge on any atom is -0.481 e. The van der Waals surface area contributed by atoms with Gasteiger partial charge in [0.15, 0.2) is 0 Å². The number of amides is 2. The van der Waals surface area contributed by atoms with Gasteiger partial charge in [-0.2, -0.15) is 8.78 Å². The molecule has 1 aromatic rings. The highest BCUT2D eigenvalue weighted by atomic mass is 19.3. The Balaban J connectivity index is 1.62. The normalized spacial score (nSPS) is 26.6. The molecule has 1 aromatic heterocycles. The number of carbonyl (C=O) groups excluding carboxylic acids is 1. The molecule has 0 radical (unpaired) electrons. The number of carboxylic acid groups (broad SMARTS) is 1. The molecule has 2 amide bonds. The zero-order valence-corrected chi connectivity index (χ0v) is 12.4. The zero-order chi connectivity index (χ0) is 16.6. The number of likely N-dealkylation sites (tertiary alicyclic amines) is 1. The van der Waals surface area contributed by atoms with Crippen LogP contribution in [0, 0.1) is 11.3 Å². The molecule has 1 saturated carbocycles. The Morgan fingerprint density at radius 3 is 2.96 bits per heavy atom. The second-order valence-electron chi connectivity index (χ2n) is 6.12. The molecule has 126 valence electrons. The van der Waals surface area contributed by atoms with E-state index < -0.39 is 24.0 Å². The summed E-state index contributed by atoms with van der Waals surface area (Å²) in [5.74, 6) is -0.835. The number of alkyl halides is 2. The Morgan fingerprint density at radius 2 is 2.30 bits per heavy atom. The van der Waals surface area contributed by atoms with Gasteiger partial charge in [-0.15, -0.1) is 0 Å². The van der Waals surface area contributed by atoms with E-state index in [1.54, 1.807) is 0 Å². The largest absolute Gasteiger partial charge is 0.481 e. The first-order valence-electron chi connectivity index (χ1n) is 7.50. The van der Waals surface area contributed by atoms with Crippen molar-refractivity contribution in [3.05, 3.63) is 18.2 Å². The molecule has 2 N–H and O–H groups in total. The van der Waals surface area contributed by atoms with Crippen LogP contribution in [-0.2, 0) is 11.3 Å². The Kier molecular flexibility index (Phi) is 3.95. The standard InChI is InChI=1S/C14H18F2N4O3/c15-12(16)20-5-4-17-10(20)6-18-13(23)19-7-9-2-1-3-14(9,8-19)11(21)22/h4-5,9,12H,1-3,6-8H2,(H,18,23)(H,21,22)/t9-,14+/m0/s1. The van der Waals surface area contributed by atoms with E-state index in [2.05, 4.69) is 10.3 Å². The Hall–Kier alpha value is -2.19. The number of carbonyl (C=O) groups is 2. The SMILES string of the molecule is O=C(NCc1nccn1C(F)F)N1C[C@@H]2CCC[C@@]2(C(=O)O)C1. The number of fused-ring (bicyclic) bond motifs is 1. The van der Waals surface area contributed by atoms with E-state index in [9.17, 15) is 23.5 Å². The lowest BCUT2D eigenvalue weighted by Crippen LogP contribution is -2.41. The fourth-order valence-electron chi connectivity index (χ4n) is 3.72. The van der Waals surface area contributed by atoms with Crippen molar-refractivity contribution in [3.63, 3.8) is 0 Å². The molecule has 2 aliphatic rings. The van der Waals surface area contributed by atoms with Crippen molar-refractivity contribution >= 4 is 12.0 Å². The molecule has 0 spiro atoms. The third-order valence-corrected chi connectivity index (χ3v) is 4.94. The molecule has 2 fully saturated rings. The van der Waals surface area contributed by atoms with Crippen LogP contribution in [0.15, 0.2) is 12.4 Å². The molecule has 1 aliphatic carbocycles. The molecule has 0 unspecified atom stereocenters. The van der Waals surface area contributed by atoms with Crippen molar-refractivity contribution in [2.75, 3.05) is 13.1 Å². The fourth-order valence-corrected chi connectivity index (χ4v) is 3.72. The Morgan fingerprint density at radius 1 is 1.52 bits per heavy atom. The highest BCUT2D eigenvalue weighted by Crippen LogP contribution is 2.48. The van der Waals surface area contributed by atoms with Crippen LogP contribution in [0.2, 0.25) is 0 Å². The maximum absolute atomic E-state index is 12.7. The first kappa shape index (κ1) is 15.7. The number of halogens is 2. The third kappa shape index (κ3) is 2.64. The average molecular weight is 328 g/mol. The number of hydrogen-bond donors (Lipinski definition) is 2. The minimum absolute atomic E-state index is 0.0335. The Labute approximate surface area is 131 Å². The number of aliphatic carboxylic acids is 1. The van der Waals surface area contributed by atoms with Crippen LogP contribution >= 0.6 is 0 Å². The van der Waals surface area contributed by atoms with Crippen LogP contribution in [0.25, 0.3) is 0 Å². The van der Waals surface area contributed by atoms with Crippen LogP contribution in [0.3, 0.4) is 0 Å². The summed E-state index contributed by atoms with van der Waals surface area (Å²) in [5, 5.41) is 12.0. The Bertz CT molecular complexity index is 621. The van der Waals surface area contributed by atoms with E-state index in [-0.39, 0.29) is 24.8 Å². The van der Waals surface area contributed by atoms with Gasteiger partial charge in [-0.3, -0.25) is 9.36 Å². The maximum atomic E-state index is 12.7. The minimum atomic E-state index is -2.72. The van der Waals surface area contributed by atoms with Gasteiger partial charge < -0.3 is 15.3 Å². The summed E-state index contributed by atoms with van der Waals surface area (Å²) >= 11 is 0. The van der Waals surface area contributed by atoms with E-state index in [0.29, 0.717) is 17.5 Å². The van der Waals surface area contributed by atoms with Crippen molar-refractivity contribution < 1.29 is 23.5 Å². The van der Waals surface area contributed by atoms with Crippen molar-refractivity contribution in [1.29, 1.82) is 0 Å². The van der Waals surface area contributed by atoms with Gasteiger partial charge in [0.25, 0.3) is 0 Å². The molecular weight excluding hydrogens is 310 g/mol. The number of nitrogens with one attached hydrogen (secondary N) is 1. The van der Waals surface area contributed by atoms with E-state index >= 15 is 0 Å². The predicted octanol–water partition coefficient (Wildman–Crippen LogP) is 1.67. The highest BCUT2D eigenvalue weighted by Gasteiger charge is 2.55.